The monoisotopic (exact) mass is 357 g/mol. The molecule has 8 nitrogen and oxygen atoms in total. The van der Waals surface area contributed by atoms with E-state index in [4.69, 9.17) is 5.26 Å². The molecular formula is C16H15N5O3S. The second kappa shape index (κ2) is 6.86. The van der Waals surface area contributed by atoms with Crippen molar-refractivity contribution in [1.29, 1.82) is 5.26 Å². The van der Waals surface area contributed by atoms with Crippen LogP contribution in [0.15, 0.2) is 36.7 Å². The van der Waals surface area contributed by atoms with Crippen LogP contribution in [0.1, 0.15) is 22.5 Å². The molecule has 2 N–H and O–H groups in total. The fraction of sp³-hybridized carbons (Fsp3) is 0.250. The Bertz CT molecular complexity index is 952. The first-order chi connectivity index (χ1) is 12.0. The number of aromatic nitrogens is 2. The van der Waals surface area contributed by atoms with Crippen molar-refractivity contribution >= 4 is 27.2 Å². The molecule has 0 radical (unpaired) electrons. The van der Waals surface area contributed by atoms with Crippen LogP contribution >= 0.6 is 0 Å². The summed E-state index contributed by atoms with van der Waals surface area (Å²) in [5, 5.41) is 14.8. The van der Waals surface area contributed by atoms with Crippen LogP contribution in [-0.4, -0.2) is 41.8 Å². The number of hydrogen-bond acceptors (Lipinski definition) is 7. The second-order valence-corrected chi connectivity index (χ2v) is 7.87. The van der Waals surface area contributed by atoms with Crippen LogP contribution in [0.2, 0.25) is 0 Å². The normalized spacial score (nSPS) is 18.3. The molecule has 1 amide bonds. The highest BCUT2D eigenvalue weighted by Gasteiger charge is 2.29. The maximum Gasteiger partial charge on any atom is 0.270 e. The Morgan fingerprint density at radius 1 is 1.28 bits per heavy atom. The molecule has 1 aliphatic rings. The van der Waals surface area contributed by atoms with E-state index in [0.29, 0.717) is 23.5 Å². The van der Waals surface area contributed by atoms with Crippen molar-refractivity contribution in [3.63, 3.8) is 0 Å². The third kappa shape index (κ3) is 4.10. The summed E-state index contributed by atoms with van der Waals surface area (Å²) >= 11 is 0. The number of hydrogen-bond donors (Lipinski definition) is 2. The Morgan fingerprint density at radius 3 is 2.80 bits per heavy atom. The lowest BCUT2D eigenvalue weighted by Crippen LogP contribution is -2.36. The van der Waals surface area contributed by atoms with Gasteiger partial charge in [0.05, 0.1) is 22.8 Å². The third-order valence-electron chi connectivity index (χ3n) is 3.78. The van der Waals surface area contributed by atoms with Gasteiger partial charge in [0.1, 0.15) is 23.9 Å². The molecule has 1 unspecified atom stereocenters. The summed E-state index contributed by atoms with van der Waals surface area (Å²) in [6.07, 6.45) is 1.64. The highest BCUT2D eigenvalue weighted by Crippen LogP contribution is 2.19. The van der Waals surface area contributed by atoms with Crippen LogP contribution in [0.3, 0.4) is 0 Å². The lowest BCUT2D eigenvalue weighted by Gasteiger charge is -2.11. The molecule has 25 heavy (non-hydrogen) atoms. The lowest BCUT2D eigenvalue weighted by atomic mass is 10.2. The molecule has 0 bridgehead atoms. The topological polar surface area (TPSA) is 125 Å². The van der Waals surface area contributed by atoms with Gasteiger partial charge in [0.25, 0.3) is 5.91 Å². The van der Waals surface area contributed by atoms with Gasteiger partial charge in [0.2, 0.25) is 0 Å². The number of nitrogens with zero attached hydrogens (tertiary/aromatic N) is 3. The van der Waals surface area contributed by atoms with Gasteiger partial charge in [-0.1, -0.05) is 12.1 Å². The van der Waals surface area contributed by atoms with Crippen molar-refractivity contribution in [2.24, 2.45) is 0 Å². The Hall–Kier alpha value is -2.99. The highest BCUT2D eigenvalue weighted by molar-refractivity contribution is 7.91. The van der Waals surface area contributed by atoms with Gasteiger partial charge >= 0.3 is 0 Å². The van der Waals surface area contributed by atoms with Gasteiger partial charge in [-0.2, -0.15) is 5.26 Å². The number of rotatable bonds is 4. The fourth-order valence-corrected chi connectivity index (χ4v) is 4.22. The van der Waals surface area contributed by atoms with Crippen molar-refractivity contribution in [2.75, 3.05) is 16.8 Å². The lowest BCUT2D eigenvalue weighted by molar-refractivity contribution is 0.0936. The molecule has 1 fully saturated rings. The number of carbonyl (C=O) groups excluding carboxylic acids is 1. The van der Waals surface area contributed by atoms with E-state index in [1.807, 2.05) is 0 Å². The summed E-state index contributed by atoms with van der Waals surface area (Å²) in [6.45, 7) is 0. The van der Waals surface area contributed by atoms with Crippen molar-refractivity contribution in [3.05, 3.63) is 47.9 Å². The first kappa shape index (κ1) is 16.9. The highest BCUT2D eigenvalue weighted by atomic mass is 32.2. The van der Waals surface area contributed by atoms with E-state index >= 15 is 0 Å². The Balaban J connectivity index is 1.73. The summed E-state index contributed by atoms with van der Waals surface area (Å²) in [6, 6.07) is 10.0. The molecular weight excluding hydrogens is 342 g/mol. The maximum atomic E-state index is 12.3. The number of carbonyl (C=O) groups is 1. The predicted molar refractivity (Wildman–Crippen MR) is 91.0 cm³/mol. The number of amides is 1. The summed E-state index contributed by atoms with van der Waals surface area (Å²) in [5.41, 5.74) is 1.14. The molecule has 0 aliphatic carbocycles. The van der Waals surface area contributed by atoms with E-state index < -0.39 is 21.8 Å². The first-order valence-electron chi connectivity index (χ1n) is 7.56. The number of nitriles is 1. The zero-order valence-electron chi connectivity index (χ0n) is 13.1. The summed E-state index contributed by atoms with van der Waals surface area (Å²) in [4.78, 5) is 20.2. The van der Waals surface area contributed by atoms with Crippen LogP contribution in [-0.2, 0) is 9.84 Å². The Kier molecular flexibility index (Phi) is 4.63. The Morgan fingerprint density at radius 2 is 2.08 bits per heavy atom. The molecule has 2 aromatic rings. The molecule has 3 rings (SSSR count). The van der Waals surface area contributed by atoms with Crippen molar-refractivity contribution in [3.8, 4) is 6.07 Å². The van der Waals surface area contributed by atoms with Crippen molar-refractivity contribution in [1.82, 2.24) is 15.3 Å². The molecule has 1 aromatic carbocycles. The van der Waals surface area contributed by atoms with Gasteiger partial charge in [-0.15, -0.1) is 0 Å². The van der Waals surface area contributed by atoms with E-state index in [9.17, 15) is 13.2 Å². The number of anilines is 2. The minimum Gasteiger partial charge on any atom is -0.347 e. The Labute approximate surface area is 144 Å². The average Bonchev–Trinajstić information content (AvgIpc) is 2.94. The van der Waals surface area contributed by atoms with Crippen LogP contribution in [0.4, 0.5) is 11.5 Å². The molecule has 1 saturated heterocycles. The van der Waals surface area contributed by atoms with Gasteiger partial charge in [-0.25, -0.2) is 18.4 Å². The van der Waals surface area contributed by atoms with Crippen LogP contribution in [0, 0.1) is 11.3 Å². The van der Waals surface area contributed by atoms with Gasteiger partial charge in [-0.3, -0.25) is 4.79 Å². The van der Waals surface area contributed by atoms with Crippen molar-refractivity contribution in [2.45, 2.75) is 12.5 Å². The molecule has 9 heteroatoms. The molecule has 128 valence electrons. The van der Waals surface area contributed by atoms with E-state index in [-0.39, 0.29) is 17.2 Å². The molecule has 2 heterocycles. The average molecular weight is 357 g/mol. The van der Waals surface area contributed by atoms with Crippen LogP contribution in [0.5, 0.6) is 0 Å². The summed E-state index contributed by atoms with van der Waals surface area (Å²) in [5.74, 6) is -0.0627. The van der Waals surface area contributed by atoms with Gasteiger partial charge in [0.15, 0.2) is 9.84 Å². The molecule has 1 aromatic heterocycles. The van der Waals surface area contributed by atoms with Crippen LogP contribution in [0.25, 0.3) is 0 Å². The van der Waals surface area contributed by atoms with E-state index in [2.05, 4.69) is 26.7 Å². The minimum atomic E-state index is -3.07. The SMILES string of the molecule is N#Cc1ccccc1Nc1cc(C(=O)NC2CCS(=O)(=O)C2)ncn1. The smallest absolute Gasteiger partial charge is 0.270 e. The van der Waals surface area contributed by atoms with E-state index in [1.54, 1.807) is 24.3 Å². The molecule has 0 spiro atoms. The minimum absolute atomic E-state index is 0.0511. The molecule has 0 saturated carbocycles. The third-order valence-corrected chi connectivity index (χ3v) is 5.55. The summed E-state index contributed by atoms with van der Waals surface area (Å²) in [7, 11) is -3.07. The van der Waals surface area contributed by atoms with Gasteiger partial charge < -0.3 is 10.6 Å². The standard InChI is InChI=1S/C16H15N5O3S/c17-8-11-3-1-2-4-13(11)21-15-7-14(18-10-19-15)16(22)20-12-5-6-25(23,24)9-12/h1-4,7,10,12H,5-6,9H2,(H,20,22)(H,18,19,21). The maximum absolute atomic E-state index is 12.3. The zero-order valence-corrected chi connectivity index (χ0v) is 14.0. The number of para-hydroxylation sites is 1. The number of benzene rings is 1. The quantitative estimate of drug-likeness (QED) is 0.836. The summed E-state index contributed by atoms with van der Waals surface area (Å²) < 4.78 is 22.9. The molecule has 1 atom stereocenters. The number of sulfone groups is 1. The fourth-order valence-electron chi connectivity index (χ4n) is 2.55. The predicted octanol–water partition coefficient (Wildman–Crippen LogP) is 1.01. The number of nitrogens with one attached hydrogen (secondary N) is 2. The second-order valence-electron chi connectivity index (χ2n) is 5.64. The van der Waals surface area contributed by atoms with E-state index in [0.717, 1.165) is 0 Å². The largest absolute Gasteiger partial charge is 0.347 e. The zero-order chi connectivity index (χ0) is 17.9. The van der Waals surface area contributed by atoms with Crippen LogP contribution < -0.4 is 10.6 Å². The first-order valence-corrected chi connectivity index (χ1v) is 9.38. The van der Waals surface area contributed by atoms with E-state index in [1.165, 1.54) is 12.4 Å². The van der Waals surface area contributed by atoms with Gasteiger partial charge in [-0.05, 0) is 18.6 Å². The molecule has 1 aliphatic heterocycles. The van der Waals surface area contributed by atoms with Gasteiger partial charge in [0, 0.05) is 12.1 Å². The van der Waals surface area contributed by atoms with Crippen molar-refractivity contribution < 1.29 is 13.2 Å².